The largest absolute Gasteiger partial charge is 0.383 e. The molecular formula is C24H29N3O2. The Kier molecular flexibility index (Phi) is 4.41. The lowest BCUT2D eigenvalue weighted by Gasteiger charge is -2.34. The average Bonchev–Trinajstić information content (AvgIpc) is 2.82. The van der Waals surface area contributed by atoms with Crippen molar-refractivity contribution in [2.45, 2.75) is 57.7 Å². The minimum Gasteiger partial charge on any atom is -0.383 e. The number of benzene rings is 1. The molecule has 0 saturated heterocycles. The molecule has 5 rings (SSSR count). The number of hydrogen-bond acceptors (Lipinski definition) is 3. The maximum Gasteiger partial charge on any atom is 0.187 e. The first-order chi connectivity index (χ1) is 14.0. The zero-order valence-corrected chi connectivity index (χ0v) is 17.3. The Morgan fingerprint density at radius 1 is 1.21 bits per heavy atom. The van der Waals surface area contributed by atoms with E-state index in [1.165, 1.54) is 27.7 Å². The van der Waals surface area contributed by atoms with Crippen molar-refractivity contribution in [3.63, 3.8) is 0 Å². The number of aryl methyl sites for hydroxylation is 2. The van der Waals surface area contributed by atoms with Crippen molar-refractivity contribution >= 4 is 10.9 Å². The van der Waals surface area contributed by atoms with Crippen LogP contribution in [0.25, 0.3) is 10.9 Å². The summed E-state index contributed by atoms with van der Waals surface area (Å²) in [6, 6.07) is 8.15. The van der Waals surface area contributed by atoms with Gasteiger partial charge in [-0.3, -0.25) is 4.79 Å². The summed E-state index contributed by atoms with van der Waals surface area (Å²) in [5.74, 6) is 0. The summed E-state index contributed by atoms with van der Waals surface area (Å²) in [5, 5.41) is 13.1. The number of fused-ring (bicyclic) bond motifs is 4. The molecule has 1 aliphatic heterocycles. The molecule has 0 fully saturated rings. The molecule has 3 aromatic rings. The summed E-state index contributed by atoms with van der Waals surface area (Å²) >= 11 is 0. The van der Waals surface area contributed by atoms with Crippen LogP contribution in [0.4, 0.5) is 0 Å². The van der Waals surface area contributed by atoms with Crippen molar-refractivity contribution < 1.29 is 5.11 Å². The SMILES string of the molecule is Cc1ccc2c(c1)c1c(n2CC2(O)CCCc3[nH]ccc(=O)c32)CCCN(C)C1. The summed E-state index contributed by atoms with van der Waals surface area (Å²) in [6.07, 6.45) is 6.13. The summed E-state index contributed by atoms with van der Waals surface area (Å²) in [5.41, 5.74) is 5.40. The number of aromatic nitrogens is 2. The summed E-state index contributed by atoms with van der Waals surface area (Å²) in [6.45, 7) is 4.58. The van der Waals surface area contributed by atoms with E-state index >= 15 is 0 Å². The van der Waals surface area contributed by atoms with Crippen LogP contribution >= 0.6 is 0 Å². The predicted octanol–water partition coefficient (Wildman–Crippen LogP) is 3.24. The third-order valence-electron chi connectivity index (χ3n) is 6.77. The third kappa shape index (κ3) is 3.04. The molecule has 5 heteroatoms. The second-order valence-electron chi connectivity index (χ2n) is 8.95. The topological polar surface area (TPSA) is 61.3 Å². The highest BCUT2D eigenvalue weighted by molar-refractivity contribution is 5.86. The van der Waals surface area contributed by atoms with E-state index in [-0.39, 0.29) is 5.43 Å². The summed E-state index contributed by atoms with van der Waals surface area (Å²) < 4.78 is 2.31. The van der Waals surface area contributed by atoms with Gasteiger partial charge in [-0.1, -0.05) is 11.6 Å². The molecule has 1 aliphatic carbocycles. The van der Waals surface area contributed by atoms with Crippen LogP contribution in [0.2, 0.25) is 0 Å². The molecule has 1 aromatic carbocycles. The van der Waals surface area contributed by atoms with Gasteiger partial charge >= 0.3 is 0 Å². The lowest BCUT2D eigenvalue weighted by atomic mass is 9.81. The second kappa shape index (κ2) is 6.85. The fourth-order valence-corrected chi connectivity index (χ4v) is 5.43. The van der Waals surface area contributed by atoms with E-state index in [0.717, 1.165) is 44.5 Å². The van der Waals surface area contributed by atoms with E-state index < -0.39 is 5.60 Å². The summed E-state index contributed by atoms with van der Waals surface area (Å²) in [7, 11) is 2.18. The average molecular weight is 392 g/mol. The minimum absolute atomic E-state index is 0.0564. The standard InChI is InChI=1S/C24H29N3O2/c1-16-7-8-21-17(13-16)18-14-26(2)12-4-6-20(18)27(21)15-24(29)10-3-5-19-23(24)22(28)9-11-25-19/h7-9,11,13,29H,3-6,10,12,14-15H2,1-2H3,(H,25,28). The number of aromatic amines is 1. The molecular weight excluding hydrogens is 362 g/mol. The van der Waals surface area contributed by atoms with Gasteiger partial charge in [0, 0.05) is 41.1 Å². The normalized spacial score (nSPS) is 22.3. The number of hydrogen-bond donors (Lipinski definition) is 2. The molecule has 0 amide bonds. The van der Waals surface area contributed by atoms with Crippen LogP contribution in [-0.4, -0.2) is 33.1 Å². The molecule has 5 nitrogen and oxygen atoms in total. The van der Waals surface area contributed by atoms with Gasteiger partial charge in [0.05, 0.1) is 12.1 Å². The predicted molar refractivity (Wildman–Crippen MR) is 115 cm³/mol. The maximum atomic E-state index is 12.7. The molecule has 152 valence electrons. The van der Waals surface area contributed by atoms with Gasteiger partial charge < -0.3 is 19.6 Å². The van der Waals surface area contributed by atoms with E-state index in [9.17, 15) is 9.90 Å². The molecule has 2 aromatic heterocycles. The van der Waals surface area contributed by atoms with Crippen LogP contribution in [-0.2, 0) is 31.5 Å². The fourth-order valence-electron chi connectivity index (χ4n) is 5.43. The van der Waals surface area contributed by atoms with Crippen LogP contribution in [0, 0.1) is 6.92 Å². The Morgan fingerprint density at radius 3 is 2.93 bits per heavy atom. The van der Waals surface area contributed by atoms with E-state index in [2.05, 4.69) is 46.6 Å². The highest BCUT2D eigenvalue weighted by Crippen LogP contribution is 2.38. The van der Waals surface area contributed by atoms with Crippen LogP contribution in [0.1, 0.15) is 47.3 Å². The molecule has 0 spiro atoms. The lowest BCUT2D eigenvalue weighted by molar-refractivity contribution is 0.000243. The molecule has 1 atom stereocenters. The highest BCUT2D eigenvalue weighted by atomic mass is 16.3. The number of H-pyrrole nitrogens is 1. The van der Waals surface area contributed by atoms with Crippen molar-refractivity contribution in [3.05, 3.63) is 68.8 Å². The smallest absolute Gasteiger partial charge is 0.187 e. The van der Waals surface area contributed by atoms with Crippen LogP contribution < -0.4 is 5.43 Å². The Hall–Kier alpha value is -2.37. The number of nitrogens with one attached hydrogen (secondary N) is 1. The number of pyridine rings is 1. The van der Waals surface area contributed by atoms with Crippen molar-refractivity contribution in [1.29, 1.82) is 0 Å². The summed E-state index contributed by atoms with van der Waals surface area (Å²) in [4.78, 5) is 18.3. The van der Waals surface area contributed by atoms with Crippen molar-refractivity contribution in [3.8, 4) is 0 Å². The second-order valence-corrected chi connectivity index (χ2v) is 8.95. The first kappa shape index (κ1) is 18.6. The van der Waals surface area contributed by atoms with E-state index in [1.807, 2.05) is 0 Å². The van der Waals surface area contributed by atoms with E-state index in [4.69, 9.17) is 0 Å². The quantitative estimate of drug-likeness (QED) is 0.705. The van der Waals surface area contributed by atoms with Gasteiger partial charge in [0.25, 0.3) is 0 Å². The minimum atomic E-state index is -1.13. The number of nitrogens with zero attached hydrogens (tertiary/aromatic N) is 2. The van der Waals surface area contributed by atoms with Gasteiger partial charge in [0.15, 0.2) is 5.43 Å². The Labute approximate surface area is 171 Å². The number of aliphatic hydroxyl groups is 1. The van der Waals surface area contributed by atoms with Crippen LogP contribution in [0.15, 0.2) is 35.3 Å². The molecule has 0 radical (unpaired) electrons. The molecule has 0 bridgehead atoms. The Morgan fingerprint density at radius 2 is 2.07 bits per heavy atom. The molecule has 1 unspecified atom stereocenters. The van der Waals surface area contributed by atoms with Gasteiger partial charge in [0.2, 0.25) is 0 Å². The Balaban J connectivity index is 1.70. The van der Waals surface area contributed by atoms with Crippen LogP contribution in [0.5, 0.6) is 0 Å². The molecule has 2 aliphatic rings. The van der Waals surface area contributed by atoms with Crippen LogP contribution in [0.3, 0.4) is 0 Å². The van der Waals surface area contributed by atoms with Crippen molar-refractivity contribution in [2.75, 3.05) is 13.6 Å². The Bertz CT molecular complexity index is 1140. The van der Waals surface area contributed by atoms with Gasteiger partial charge in [-0.25, -0.2) is 0 Å². The van der Waals surface area contributed by atoms with Gasteiger partial charge in [0.1, 0.15) is 5.60 Å². The lowest BCUT2D eigenvalue weighted by Crippen LogP contribution is -2.40. The molecule has 0 saturated carbocycles. The molecule has 3 heterocycles. The number of rotatable bonds is 2. The van der Waals surface area contributed by atoms with E-state index in [1.54, 1.807) is 12.3 Å². The van der Waals surface area contributed by atoms with Crippen molar-refractivity contribution in [2.24, 2.45) is 0 Å². The monoisotopic (exact) mass is 391 g/mol. The third-order valence-corrected chi connectivity index (χ3v) is 6.77. The zero-order chi connectivity index (χ0) is 20.2. The molecule has 2 N–H and O–H groups in total. The van der Waals surface area contributed by atoms with E-state index in [0.29, 0.717) is 18.5 Å². The van der Waals surface area contributed by atoms with Crippen molar-refractivity contribution in [1.82, 2.24) is 14.5 Å². The fraction of sp³-hybridized carbons (Fsp3) is 0.458. The first-order valence-corrected chi connectivity index (χ1v) is 10.7. The first-order valence-electron chi connectivity index (χ1n) is 10.7. The van der Waals surface area contributed by atoms with Gasteiger partial charge in [-0.2, -0.15) is 0 Å². The van der Waals surface area contributed by atoms with Gasteiger partial charge in [-0.15, -0.1) is 0 Å². The molecule has 29 heavy (non-hydrogen) atoms. The maximum absolute atomic E-state index is 12.7. The highest BCUT2D eigenvalue weighted by Gasteiger charge is 2.38. The van der Waals surface area contributed by atoms with Gasteiger partial charge in [-0.05, 0) is 70.3 Å². The zero-order valence-electron chi connectivity index (χ0n) is 17.3.